The summed E-state index contributed by atoms with van der Waals surface area (Å²) in [5.41, 5.74) is 0.0782. The van der Waals surface area contributed by atoms with E-state index < -0.39 is 36.5 Å². The first-order valence-electron chi connectivity index (χ1n) is 11.6. The highest BCUT2D eigenvalue weighted by Gasteiger charge is 2.30. The molecule has 0 aliphatic rings. The van der Waals surface area contributed by atoms with Crippen molar-refractivity contribution in [2.24, 2.45) is 0 Å². The smallest absolute Gasteiger partial charge is 0.307 e. The van der Waals surface area contributed by atoms with Gasteiger partial charge in [-0.05, 0) is 13.3 Å². The first-order valence-corrected chi connectivity index (χ1v) is 11.6. The highest BCUT2D eigenvalue weighted by atomic mass is 16.6. The van der Waals surface area contributed by atoms with Crippen molar-refractivity contribution in [1.82, 2.24) is 9.97 Å². The molecule has 4 N–H and O–H groups in total. The van der Waals surface area contributed by atoms with Crippen LogP contribution in [0.3, 0.4) is 0 Å². The van der Waals surface area contributed by atoms with E-state index in [0.29, 0.717) is 6.42 Å². The lowest BCUT2D eigenvalue weighted by Gasteiger charge is -2.21. The third kappa shape index (κ3) is 8.88. The Morgan fingerprint density at radius 3 is 2.39 bits per heavy atom. The lowest BCUT2D eigenvalue weighted by Crippen LogP contribution is -2.36. The molecular formula is C23H36N2O8. The van der Waals surface area contributed by atoms with E-state index in [2.05, 4.69) is 16.9 Å². The van der Waals surface area contributed by atoms with E-state index in [9.17, 15) is 25.2 Å². The van der Waals surface area contributed by atoms with Gasteiger partial charge in [0, 0.05) is 12.8 Å². The summed E-state index contributed by atoms with van der Waals surface area (Å²) in [7, 11) is 0. The van der Waals surface area contributed by atoms with E-state index in [0.717, 1.165) is 19.3 Å². The topological polar surface area (TPSA) is 159 Å². The minimum Gasteiger partial charge on any atom is -0.445 e. The van der Waals surface area contributed by atoms with Crippen molar-refractivity contribution >= 4 is 5.97 Å². The normalized spacial score (nSPS) is 16.2. The molecule has 10 nitrogen and oxygen atoms in total. The fourth-order valence-corrected chi connectivity index (χ4v) is 3.39. The zero-order chi connectivity index (χ0) is 24.2. The average molecular weight is 469 g/mol. The molecule has 5 unspecified atom stereocenters. The number of oxazole rings is 2. The van der Waals surface area contributed by atoms with E-state index in [1.54, 1.807) is 0 Å². The Balaban J connectivity index is 1.94. The average Bonchev–Trinajstić information content (AvgIpc) is 3.48. The number of aromatic nitrogens is 2. The second kappa shape index (κ2) is 14.1. The maximum atomic E-state index is 12.4. The number of hydrogen-bond acceptors (Lipinski definition) is 10. The largest absolute Gasteiger partial charge is 0.445 e. The van der Waals surface area contributed by atoms with Crippen LogP contribution >= 0.6 is 0 Å². The van der Waals surface area contributed by atoms with Crippen LogP contribution in [0.15, 0.2) is 27.7 Å². The molecule has 0 saturated heterocycles. The number of carbonyl (C=O) groups excluding carboxylic acids is 1. The molecule has 0 radical (unpaired) electrons. The molecule has 0 aliphatic heterocycles. The van der Waals surface area contributed by atoms with Gasteiger partial charge < -0.3 is 34.0 Å². The first kappa shape index (κ1) is 27.0. The third-order valence-corrected chi connectivity index (χ3v) is 5.40. The fourth-order valence-electron chi connectivity index (χ4n) is 3.39. The molecule has 0 saturated carbocycles. The molecule has 10 heteroatoms. The molecule has 0 spiro atoms. The molecule has 33 heavy (non-hydrogen) atoms. The van der Waals surface area contributed by atoms with Crippen molar-refractivity contribution in [3.63, 3.8) is 0 Å². The molecule has 186 valence electrons. The van der Waals surface area contributed by atoms with Gasteiger partial charge in [-0.15, -0.1) is 0 Å². The van der Waals surface area contributed by atoms with Gasteiger partial charge in [0.15, 0.2) is 12.2 Å². The number of carbonyl (C=O) groups is 1. The molecule has 0 aliphatic carbocycles. The van der Waals surface area contributed by atoms with Gasteiger partial charge >= 0.3 is 5.97 Å². The van der Waals surface area contributed by atoms with Crippen LogP contribution in [-0.2, 0) is 9.53 Å². The standard InChI is InChI=1S/C23H36N2O8/c1-3-4-5-6-7-8-9-10-20(29)33-22(19-12-24-14-32-19)23-25-16(13-31-23)17(27)11-18(28)21(30)15(2)26/h12-15,17-18,21-22,26-28,30H,3-11H2,1-2H3. The third-order valence-electron chi connectivity index (χ3n) is 5.40. The Morgan fingerprint density at radius 1 is 1.06 bits per heavy atom. The van der Waals surface area contributed by atoms with Crippen molar-refractivity contribution in [1.29, 1.82) is 0 Å². The minimum atomic E-state index is -1.42. The molecule has 0 amide bonds. The number of aliphatic hydroxyl groups is 4. The van der Waals surface area contributed by atoms with E-state index in [4.69, 9.17) is 13.6 Å². The number of ether oxygens (including phenoxy) is 1. The van der Waals surface area contributed by atoms with Crippen LogP contribution in [0.5, 0.6) is 0 Å². The Bertz CT molecular complexity index is 792. The monoisotopic (exact) mass is 468 g/mol. The summed E-state index contributed by atoms with van der Waals surface area (Å²) in [6.45, 7) is 3.50. The second-order valence-electron chi connectivity index (χ2n) is 8.31. The van der Waals surface area contributed by atoms with Crippen LogP contribution in [-0.4, -0.2) is 54.7 Å². The predicted molar refractivity (Wildman–Crippen MR) is 117 cm³/mol. The number of rotatable bonds is 16. The minimum absolute atomic E-state index is 0.0146. The van der Waals surface area contributed by atoms with Crippen LogP contribution in [0.2, 0.25) is 0 Å². The van der Waals surface area contributed by atoms with Gasteiger partial charge in [-0.3, -0.25) is 4.79 Å². The fraction of sp³-hybridized carbons (Fsp3) is 0.696. The highest BCUT2D eigenvalue weighted by molar-refractivity contribution is 5.69. The van der Waals surface area contributed by atoms with E-state index in [-0.39, 0.29) is 30.2 Å². The predicted octanol–water partition coefficient (Wildman–Crippen LogP) is 2.96. The molecule has 0 fully saturated rings. The zero-order valence-electron chi connectivity index (χ0n) is 19.3. The number of esters is 1. The quantitative estimate of drug-likeness (QED) is 0.213. The Morgan fingerprint density at radius 2 is 1.76 bits per heavy atom. The summed E-state index contributed by atoms with van der Waals surface area (Å²) >= 11 is 0. The number of hydrogen-bond donors (Lipinski definition) is 4. The maximum absolute atomic E-state index is 12.4. The summed E-state index contributed by atoms with van der Waals surface area (Å²) in [5, 5.41) is 39.4. The summed E-state index contributed by atoms with van der Waals surface area (Å²) in [5.74, 6) is -0.226. The van der Waals surface area contributed by atoms with Gasteiger partial charge in [-0.1, -0.05) is 45.4 Å². The van der Waals surface area contributed by atoms with Gasteiger partial charge in [0.2, 0.25) is 12.0 Å². The molecule has 0 aromatic carbocycles. The van der Waals surface area contributed by atoms with E-state index in [1.165, 1.54) is 45.0 Å². The summed E-state index contributed by atoms with van der Waals surface area (Å²) < 4.78 is 16.2. The van der Waals surface area contributed by atoms with Crippen LogP contribution < -0.4 is 0 Å². The summed E-state index contributed by atoms with van der Waals surface area (Å²) in [6.07, 6.45) is 4.97. The lowest BCUT2D eigenvalue weighted by atomic mass is 10.0. The molecule has 2 aromatic rings. The molecule has 2 aromatic heterocycles. The molecular weight excluding hydrogens is 432 g/mol. The van der Waals surface area contributed by atoms with Gasteiger partial charge in [0.1, 0.15) is 24.2 Å². The van der Waals surface area contributed by atoms with Gasteiger partial charge in [-0.2, -0.15) is 0 Å². The van der Waals surface area contributed by atoms with Crippen LogP contribution in [0.25, 0.3) is 0 Å². The highest BCUT2D eigenvalue weighted by Crippen LogP contribution is 2.29. The van der Waals surface area contributed by atoms with Crippen molar-refractivity contribution in [3.05, 3.63) is 36.2 Å². The first-order chi connectivity index (χ1) is 15.8. The van der Waals surface area contributed by atoms with Crippen molar-refractivity contribution in [3.8, 4) is 0 Å². The van der Waals surface area contributed by atoms with Gasteiger partial charge in [0.05, 0.1) is 18.4 Å². The van der Waals surface area contributed by atoms with Gasteiger partial charge in [0.25, 0.3) is 0 Å². The van der Waals surface area contributed by atoms with Gasteiger partial charge in [-0.25, -0.2) is 9.97 Å². The molecule has 5 atom stereocenters. The second-order valence-corrected chi connectivity index (χ2v) is 8.31. The van der Waals surface area contributed by atoms with Crippen molar-refractivity contribution in [2.75, 3.05) is 0 Å². The lowest BCUT2D eigenvalue weighted by molar-refractivity contribution is -0.149. The molecule has 2 heterocycles. The molecule has 0 bridgehead atoms. The van der Waals surface area contributed by atoms with E-state index >= 15 is 0 Å². The Hall–Kier alpha value is -2.27. The molecule has 2 rings (SSSR count). The van der Waals surface area contributed by atoms with E-state index in [1.807, 2.05) is 0 Å². The van der Waals surface area contributed by atoms with Crippen molar-refractivity contribution < 1.29 is 38.8 Å². The number of unbranched alkanes of at least 4 members (excludes halogenated alkanes) is 6. The zero-order valence-corrected chi connectivity index (χ0v) is 19.3. The SMILES string of the molecule is CCCCCCCCCC(=O)OC(c1cnco1)c1nc(C(O)CC(O)C(O)C(C)O)co1. The van der Waals surface area contributed by atoms with Crippen LogP contribution in [0, 0.1) is 0 Å². The Kier molecular flexibility index (Phi) is 11.5. The summed E-state index contributed by atoms with van der Waals surface area (Å²) in [4.78, 5) is 20.4. The summed E-state index contributed by atoms with van der Waals surface area (Å²) in [6, 6.07) is 0. The number of nitrogens with zero attached hydrogens (tertiary/aromatic N) is 2. The van der Waals surface area contributed by atoms with Crippen molar-refractivity contribution in [2.45, 2.75) is 102 Å². The Labute approximate surface area is 193 Å². The number of aliphatic hydroxyl groups excluding tert-OH is 4. The van der Waals surface area contributed by atoms with Crippen LogP contribution in [0.4, 0.5) is 0 Å². The van der Waals surface area contributed by atoms with Crippen LogP contribution in [0.1, 0.15) is 101 Å². The maximum Gasteiger partial charge on any atom is 0.307 e.